The van der Waals surface area contributed by atoms with Gasteiger partial charge in [-0.2, -0.15) is 5.10 Å². The molecule has 13 aromatic rings. The van der Waals surface area contributed by atoms with Crippen LogP contribution < -0.4 is 4.90 Å². The third kappa shape index (κ3) is 7.23. The number of anilines is 3. The second kappa shape index (κ2) is 18.3. The van der Waals surface area contributed by atoms with E-state index in [1.807, 2.05) is 0 Å². The third-order valence-electron chi connectivity index (χ3n) is 15.3. The molecule has 2 aromatic heterocycles. The Kier molecular flexibility index (Phi) is 10.7. The van der Waals surface area contributed by atoms with Crippen molar-refractivity contribution in [3.8, 4) is 67.0 Å². The van der Waals surface area contributed by atoms with E-state index in [-0.39, 0.29) is 0 Å². The molecule has 3 nitrogen and oxygen atoms in total. The molecule has 0 N–H and O–H groups in total. The van der Waals surface area contributed by atoms with Crippen LogP contribution >= 0.6 is 0 Å². The van der Waals surface area contributed by atoms with Gasteiger partial charge in [0.1, 0.15) is 5.69 Å². The molecular weight excluding hydrogens is 907 g/mol. The summed E-state index contributed by atoms with van der Waals surface area (Å²) < 4.78 is 2.20. The number of fused-ring (bicyclic) bond motifs is 6. The normalized spacial score (nSPS) is 12.4. The van der Waals surface area contributed by atoms with Crippen molar-refractivity contribution in [2.45, 2.75) is 5.41 Å². The van der Waals surface area contributed by atoms with E-state index in [0.717, 1.165) is 78.1 Å². The summed E-state index contributed by atoms with van der Waals surface area (Å²) in [6, 6.07) is 108. The number of pyridine rings is 1. The maximum absolute atomic E-state index is 5.60. The fourth-order valence-electron chi connectivity index (χ4n) is 12.0. The summed E-state index contributed by atoms with van der Waals surface area (Å²) in [5.74, 6) is 0. The van der Waals surface area contributed by atoms with Crippen LogP contribution in [-0.2, 0) is 5.41 Å². The first-order valence-electron chi connectivity index (χ1n) is 25.8. The summed E-state index contributed by atoms with van der Waals surface area (Å²) in [6.07, 6.45) is 0. The minimum absolute atomic E-state index is 0.588. The van der Waals surface area contributed by atoms with Crippen LogP contribution in [0, 0.1) is 0 Å². The van der Waals surface area contributed by atoms with Crippen LogP contribution in [-0.4, -0.2) is 9.61 Å². The van der Waals surface area contributed by atoms with Crippen molar-refractivity contribution in [2.75, 3.05) is 4.90 Å². The predicted molar refractivity (Wildman–Crippen MR) is 312 cm³/mol. The Bertz CT molecular complexity index is 4170. The van der Waals surface area contributed by atoms with Crippen LogP contribution in [0.3, 0.4) is 0 Å². The number of nitrogens with zero attached hydrogens (tertiary/aromatic N) is 3. The van der Waals surface area contributed by atoms with E-state index >= 15 is 0 Å². The Labute approximate surface area is 437 Å². The van der Waals surface area contributed by atoms with E-state index in [0.29, 0.717) is 0 Å². The summed E-state index contributed by atoms with van der Waals surface area (Å²) in [5, 5.41) is 7.83. The van der Waals surface area contributed by atoms with Crippen LogP contribution in [0.15, 0.2) is 297 Å². The Hall–Kier alpha value is -9.83. The zero-order chi connectivity index (χ0) is 49.7. The largest absolute Gasteiger partial charge is 0.310 e. The van der Waals surface area contributed by atoms with E-state index in [1.54, 1.807) is 0 Å². The molecule has 0 amide bonds. The Morgan fingerprint density at radius 1 is 0.333 bits per heavy atom. The van der Waals surface area contributed by atoms with E-state index < -0.39 is 5.41 Å². The molecule has 0 saturated heterocycles. The second-order valence-electron chi connectivity index (χ2n) is 19.4. The molecule has 352 valence electrons. The number of rotatable bonds is 10. The van der Waals surface area contributed by atoms with Crippen LogP contribution in [0.1, 0.15) is 22.3 Å². The quantitative estimate of drug-likeness (QED) is 0.136. The SMILES string of the molecule is c1ccc(-c2ccccc2-c2ccccc2N(c2ccc3c(c2)C(c2ccccc2)(c2ccccc2)c2ccccc2-3)c2ccc3cc(-c4ccccc4)n4nc(-c5ccccc5)c(-c5ccccc5)c4c3c2)cc1. The maximum atomic E-state index is 5.60. The summed E-state index contributed by atoms with van der Waals surface area (Å²) >= 11 is 0. The minimum Gasteiger partial charge on any atom is -0.310 e. The van der Waals surface area contributed by atoms with Gasteiger partial charge < -0.3 is 4.90 Å². The van der Waals surface area contributed by atoms with Crippen molar-refractivity contribution in [3.05, 3.63) is 320 Å². The number of hydrogen-bond donors (Lipinski definition) is 0. The van der Waals surface area contributed by atoms with Gasteiger partial charge in [0, 0.05) is 39.0 Å². The van der Waals surface area contributed by atoms with Gasteiger partial charge >= 0.3 is 0 Å². The zero-order valence-corrected chi connectivity index (χ0v) is 41.1. The highest BCUT2D eigenvalue weighted by Gasteiger charge is 2.46. The van der Waals surface area contributed by atoms with Gasteiger partial charge in [-0.1, -0.05) is 261 Å². The third-order valence-corrected chi connectivity index (χ3v) is 15.3. The molecule has 2 heterocycles. The fourth-order valence-corrected chi connectivity index (χ4v) is 12.0. The molecule has 0 spiro atoms. The lowest BCUT2D eigenvalue weighted by molar-refractivity contribution is 0.768. The molecule has 1 aliphatic rings. The molecule has 11 aromatic carbocycles. The fraction of sp³-hybridized carbons (Fsp3) is 0.0139. The second-order valence-corrected chi connectivity index (χ2v) is 19.4. The lowest BCUT2D eigenvalue weighted by Gasteiger charge is -2.35. The summed E-state index contributed by atoms with van der Waals surface area (Å²) in [5.41, 5.74) is 22.1. The summed E-state index contributed by atoms with van der Waals surface area (Å²) in [7, 11) is 0. The Balaban J connectivity index is 1.09. The van der Waals surface area contributed by atoms with Crippen LogP contribution in [0.4, 0.5) is 17.1 Å². The molecular formula is C72H49N3. The molecule has 0 aliphatic heterocycles. The standard InChI is InChI=1S/C72H49N3/c1-7-25-50(26-8-1)59-37-19-20-38-60(59)63-40-22-24-42-67(63)74(58-45-46-62-61-39-21-23-41-65(61)72(66(62)49-58,55-33-15-5-16-34-55)56-35-17-6-18-36-56)57-44-43-54-47-68(51-27-9-2-10-28-51)75-71(64(54)48-57)69(52-29-11-3-12-30-52)70(73-75)53-31-13-4-14-32-53/h1-49H. The monoisotopic (exact) mass is 955 g/mol. The molecule has 0 saturated carbocycles. The number of para-hydroxylation sites is 1. The highest BCUT2D eigenvalue weighted by atomic mass is 15.2. The van der Waals surface area contributed by atoms with Gasteiger partial charge in [-0.15, -0.1) is 0 Å². The van der Waals surface area contributed by atoms with Gasteiger partial charge in [0.2, 0.25) is 0 Å². The molecule has 1 aliphatic carbocycles. The van der Waals surface area contributed by atoms with E-state index in [9.17, 15) is 0 Å². The van der Waals surface area contributed by atoms with Gasteiger partial charge in [-0.05, 0) is 97.4 Å². The summed E-state index contributed by atoms with van der Waals surface area (Å²) in [4.78, 5) is 2.50. The average molecular weight is 956 g/mol. The summed E-state index contributed by atoms with van der Waals surface area (Å²) in [6.45, 7) is 0. The molecule has 0 radical (unpaired) electrons. The predicted octanol–water partition coefficient (Wildman–Crippen LogP) is 18.7. The molecule has 0 unspecified atom stereocenters. The van der Waals surface area contributed by atoms with Crippen molar-refractivity contribution in [1.82, 2.24) is 9.61 Å². The van der Waals surface area contributed by atoms with Crippen LogP contribution in [0.5, 0.6) is 0 Å². The van der Waals surface area contributed by atoms with Crippen molar-refractivity contribution >= 4 is 33.4 Å². The zero-order valence-electron chi connectivity index (χ0n) is 41.1. The first kappa shape index (κ1) is 43.9. The lowest BCUT2D eigenvalue weighted by Crippen LogP contribution is -2.28. The van der Waals surface area contributed by atoms with E-state index in [2.05, 4.69) is 307 Å². The van der Waals surface area contributed by atoms with Gasteiger partial charge in [0.25, 0.3) is 0 Å². The van der Waals surface area contributed by atoms with Crippen LogP contribution in [0.25, 0.3) is 83.3 Å². The first-order valence-corrected chi connectivity index (χ1v) is 25.8. The van der Waals surface area contributed by atoms with Crippen molar-refractivity contribution in [1.29, 1.82) is 0 Å². The van der Waals surface area contributed by atoms with Crippen molar-refractivity contribution in [2.24, 2.45) is 0 Å². The molecule has 3 heteroatoms. The molecule has 75 heavy (non-hydrogen) atoms. The Morgan fingerprint density at radius 3 is 1.47 bits per heavy atom. The first-order chi connectivity index (χ1) is 37.2. The number of benzene rings is 11. The lowest BCUT2D eigenvalue weighted by atomic mass is 9.67. The van der Waals surface area contributed by atoms with E-state index in [4.69, 9.17) is 5.10 Å². The molecule has 0 fully saturated rings. The minimum atomic E-state index is -0.588. The van der Waals surface area contributed by atoms with E-state index in [1.165, 1.54) is 44.5 Å². The van der Waals surface area contributed by atoms with Crippen LogP contribution in [0.2, 0.25) is 0 Å². The number of aromatic nitrogens is 2. The van der Waals surface area contributed by atoms with Gasteiger partial charge in [-0.3, -0.25) is 0 Å². The van der Waals surface area contributed by atoms with Gasteiger partial charge in [-0.25, -0.2) is 4.52 Å². The van der Waals surface area contributed by atoms with Crippen molar-refractivity contribution < 1.29 is 0 Å². The topological polar surface area (TPSA) is 20.5 Å². The highest BCUT2D eigenvalue weighted by Crippen LogP contribution is 2.58. The van der Waals surface area contributed by atoms with Crippen molar-refractivity contribution in [3.63, 3.8) is 0 Å². The highest BCUT2D eigenvalue weighted by molar-refractivity contribution is 6.10. The maximum Gasteiger partial charge on any atom is 0.101 e. The Morgan fingerprint density at radius 2 is 0.813 bits per heavy atom. The average Bonchev–Trinajstić information content (AvgIpc) is 4.12. The molecule has 0 bridgehead atoms. The smallest absolute Gasteiger partial charge is 0.101 e. The molecule has 14 rings (SSSR count). The van der Waals surface area contributed by atoms with Gasteiger partial charge in [0.15, 0.2) is 0 Å². The number of hydrogen-bond acceptors (Lipinski definition) is 2. The molecule has 0 atom stereocenters. The van der Waals surface area contributed by atoms with Gasteiger partial charge in [0.05, 0.1) is 22.3 Å².